The summed E-state index contributed by atoms with van der Waals surface area (Å²) in [6, 6.07) is 21.5. The molecule has 0 saturated heterocycles. The lowest BCUT2D eigenvalue weighted by molar-refractivity contribution is 0.688. The summed E-state index contributed by atoms with van der Waals surface area (Å²) in [7, 11) is 0. The number of rotatable bonds is 1. The monoisotopic (exact) mass is 259 g/mol. The van der Waals surface area contributed by atoms with Gasteiger partial charge < -0.3 is 0 Å². The van der Waals surface area contributed by atoms with Crippen molar-refractivity contribution in [2.75, 3.05) is 0 Å². The molecule has 0 bridgehead atoms. The minimum atomic E-state index is -0.0893. The maximum Gasteiger partial charge on any atom is 0.0316 e. The van der Waals surface area contributed by atoms with E-state index in [9.17, 15) is 0 Å². The summed E-state index contributed by atoms with van der Waals surface area (Å²) < 4.78 is 8.52. The average Bonchev–Trinajstić information content (AvgIpc) is 2.54. The molecular formula is C20H18. The lowest BCUT2D eigenvalue weighted by Gasteiger charge is -2.22. The van der Waals surface area contributed by atoms with Gasteiger partial charge in [0, 0.05) is 1.37 Å². The molecule has 1 unspecified atom stereocenters. The van der Waals surface area contributed by atoms with Crippen LogP contribution in [0, 0.1) is 0 Å². The maximum absolute atomic E-state index is 8.52. The first-order valence-corrected chi connectivity index (χ1v) is 7.37. The molecule has 0 aromatic heterocycles. The molecule has 1 aliphatic carbocycles. The molecule has 3 aromatic rings. The van der Waals surface area contributed by atoms with Gasteiger partial charge in [-0.15, -0.1) is 0 Å². The van der Waals surface area contributed by atoms with Gasteiger partial charge in [0.1, 0.15) is 0 Å². The Kier molecular flexibility index (Phi) is 2.56. The molecule has 98 valence electrons. The first kappa shape index (κ1) is 10.7. The standard InChI is InChI=1S/C20H18/c1-2-8-15(9-3-1)20-18-12-6-4-10-16(18)14-17-11-5-7-13-19(17)20/h1-4,6,8-10,12,14H,5,7,11,13H2/i13D. The molecule has 0 N–H and O–H groups in total. The largest absolute Gasteiger partial charge is 0.0622 e. The highest BCUT2D eigenvalue weighted by Gasteiger charge is 2.17. The zero-order valence-electron chi connectivity index (χ0n) is 12.5. The van der Waals surface area contributed by atoms with Crippen LogP contribution in [0.15, 0.2) is 60.7 Å². The fourth-order valence-corrected chi connectivity index (χ4v) is 3.32. The minimum absolute atomic E-state index is 0.0893. The Morgan fingerprint density at radius 1 is 0.850 bits per heavy atom. The number of fused-ring (bicyclic) bond motifs is 2. The topological polar surface area (TPSA) is 0 Å². The lowest BCUT2D eigenvalue weighted by Crippen LogP contribution is -2.05. The fraction of sp³-hybridized carbons (Fsp3) is 0.200. The van der Waals surface area contributed by atoms with Gasteiger partial charge in [-0.05, 0) is 58.7 Å². The third kappa shape index (κ3) is 1.84. The van der Waals surface area contributed by atoms with Gasteiger partial charge in [0.2, 0.25) is 0 Å². The van der Waals surface area contributed by atoms with E-state index in [-0.39, 0.29) is 6.40 Å². The molecular weight excluding hydrogens is 240 g/mol. The highest BCUT2D eigenvalue weighted by atomic mass is 14.2. The van der Waals surface area contributed by atoms with Crippen LogP contribution >= 0.6 is 0 Å². The molecule has 0 saturated carbocycles. The Balaban J connectivity index is 2.12. The second-order valence-corrected chi connectivity index (χ2v) is 5.51. The zero-order valence-corrected chi connectivity index (χ0v) is 11.5. The third-order valence-electron chi connectivity index (χ3n) is 4.24. The summed E-state index contributed by atoms with van der Waals surface area (Å²) >= 11 is 0. The van der Waals surface area contributed by atoms with Gasteiger partial charge in [-0.25, -0.2) is 0 Å². The summed E-state index contributed by atoms with van der Waals surface area (Å²) in [5, 5.41) is 2.57. The van der Waals surface area contributed by atoms with Crippen molar-refractivity contribution in [2.24, 2.45) is 0 Å². The predicted octanol–water partition coefficient (Wildman–Crippen LogP) is 5.39. The van der Waals surface area contributed by atoms with Crippen LogP contribution in [0.25, 0.3) is 21.9 Å². The molecule has 1 aliphatic rings. The Morgan fingerprint density at radius 3 is 2.55 bits per heavy atom. The van der Waals surface area contributed by atoms with Crippen molar-refractivity contribution in [3.8, 4) is 11.1 Å². The summed E-state index contributed by atoms with van der Waals surface area (Å²) in [4.78, 5) is 0. The first-order valence-electron chi connectivity index (χ1n) is 7.94. The van der Waals surface area contributed by atoms with Crippen LogP contribution in [-0.2, 0) is 12.8 Å². The predicted molar refractivity (Wildman–Crippen MR) is 86.0 cm³/mol. The minimum Gasteiger partial charge on any atom is -0.0622 e. The quantitative estimate of drug-likeness (QED) is 0.550. The molecule has 3 aromatic carbocycles. The number of hydrogen-bond donors (Lipinski definition) is 0. The van der Waals surface area contributed by atoms with Gasteiger partial charge in [0.15, 0.2) is 0 Å². The molecule has 0 aliphatic heterocycles. The molecule has 0 heteroatoms. The van der Waals surface area contributed by atoms with Crippen LogP contribution in [0.5, 0.6) is 0 Å². The fourth-order valence-electron chi connectivity index (χ4n) is 3.32. The Morgan fingerprint density at radius 2 is 1.65 bits per heavy atom. The van der Waals surface area contributed by atoms with Gasteiger partial charge in [-0.3, -0.25) is 0 Å². The van der Waals surface area contributed by atoms with E-state index in [0.717, 1.165) is 19.3 Å². The molecule has 1 atom stereocenters. The summed E-state index contributed by atoms with van der Waals surface area (Å²) in [5.74, 6) is 0. The number of aryl methyl sites for hydroxylation is 1. The van der Waals surface area contributed by atoms with Gasteiger partial charge in [-0.1, -0.05) is 60.7 Å². The Bertz CT molecular complexity index is 790. The molecule has 0 heterocycles. The van der Waals surface area contributed by atoms with Crippen LogP contribution in [0.3, 0.4) is 0 Å². The highest BCUT2D eigenvalue weighted by molar-refractivity contribution is 5.99. The van der Waals surface area contributed by atoms with Crippen molar-refractivity contribution in [3.63, 3.8) is 0 Å². The summed E-state index contributed by atoms with van der Waals surface area (Å²) in [5.41, 5.74) is 5.15. The SMILES string of the molecule is [2H]C1CCCc2cc3ccccc3c(-c3ccccc3)c21. The van der Waals surface area contributed by atoms with Crippen molar-refractivity contribution in [1.82, 2.24) is 0 Å². The van der Waals surface area contributed by atoms with Crippen LogP contribution < -0.4 is 0 Å². The van der Waals surface area contributed by atoms with E-state index < -0.39 is 0 Å². The summed E-state index contributed by atoms with van der Waals surface area (Å²) in [6.07, 6.45) is 3.13. The number of benzene rings is 3. The second-order valence-electron chi connectivity index (χ2n) is 5.51. The van der Waals surface area contributed by atoms with E-state index in [1.165, 1.54) is 33.0 Å². The zero-order chi connectivity index (χ0) is 14.2. The molecule has 0 spiro atoms. The smallest absolute Gasteiger partial charge is 0.0316 e. The van der Waals surface area contributed by atoms with E-state index in [0.29, 0.717) is 0 Å². The van der Waals surface area contributed by atoms with E-state index in [2.05, 4.69) is 60.7 Å². The highest BCUT2D eigenvalue weighted by Crippen LogP contribution is 2.37. The van der Waals surface area contributed by atoms with Crippen LogP contribution in [-0.4, -0.2) is 0 Å². The van der Waals surface area contributed by atoms with Crippen molar-refractivity contribution in [3.05, 3.63) is 71.8 Å². The molecule has 20 heavy (non-hydrogen) atoms. The Labute approximate surface area is 121 Å². The second kappa shape index (κ2) is 4.79. The van der Waals surface area contributed by atoms with Gasteiger partial charge in [-0.2, -0.15) is 0 Å². The van der Waals surface area contributed by atoms with Crippen LogP contribution in [0.2, 0.25) is 0 Å². The van der Waals surface area contributed by atoms with E-state index in [1.807, 2.05) is 0 Å². The van der Waals surface area contributed by atoms with Crippen molar-refractivity contribution in [1.29, 1.82) is 0 Å². The van der Waals surface area contributed by atoms with Crippen LogP contribution in [0.1, 0.15) is 25.3 Å². The van der Waals surface area contributed by atoms with E-state index in [1.54, 1.807) is 0 Å². The molecule has 0 radical (unpaired) electrons. The van der Waals surface area contributed by atoms with E-state index >= 15 is 0 Å². The van der Waals surface area contributed by atoms with Crippen molar-refractivity contribution >= 4 is 10.8 Å². The lowest BCUT2D eigenvalue weighted by atomic mass is 9.83. The number of hydrogen-bond acceptors (Lipinski definition) is 0. The molecule has 0 fully saturated rings. The maximum atomic E-state index is 8.52. The van der Waals surface area contributed by atoms with Gasteiger partial charge in [0.05, 0.1) is 0 Å². The van der Waals surface area contributed by atoms with Crippen molar-refractivity contribution < 1.29 is 1.37 Å². The normalized spacial score (nSPS) is 18.6. The van der Waals surface area contributed by atoms with Gasteiger partial charge in [0.25, 0.3) is 0 Å². The first-order chi connectivity index (χ1) is 10.3. The molecule has 0 nitrogen and oxygen atoms in total. The molecule has 0 amide bonds. The average molecular weight is 259 g/mol. The van der Waals surface area contributed by atoms with Gasteiger partial charge >= 0.3 is 0 Å². The van der Waals surface area contributed by atoms with Crippen LogP contribution in [0.4, 0.5) is 0 Å². The Hall–Kier alpha value is -2.08. The molecule has 4 rings (SSSR count). The van der Waals surface area contributed by atoms with Crippen molar-refractivity contribution in [2.45, 2.75) is 25.7 Å². The third-order valence-corrected chi connectivity index (χ3v) is 4.24. The van der Waals surface area contributed by atoms with E-state index in [4.69, 9.17) is 1.37 Å². The summed E-state index contributed by atoms with van der Waals surface area (Å²) in [6.45, 7) is 0.